The highest BCUT2D eigenvalue weighted by Gasteiger charge is 2.25. The maximum absolute atomic E-state index is 12.2. The molecule has 22 heavy (non-hydrogen) atoms. The van der Waals surface area contributed by atoms with Gasteiger partial charge in [0.15, 0.2) is 5.95 Å². The van der Waals surface area contributed by atoms with Crippen molar-refractivity contribution in [1.29, 1.82) is 0 Å². The van der Waals surface area contributed by atoms with Crippen LogP contribution in [0.2, 0.25) is 0 Å². The molecule has 0 atom stereocenters. The summed E-state index contributed by atoms with van der Waals surface area (Å²) in [6.45, 7) is 6.16. The lowest BCUT2D eigenvalue weighted by Gasteiger charge is -2.22. The molecule has 1 amide bonds. The average Bonchev–Trinajstić information content (AvgIpc) is 2.79. The molecule has 0 radical (unpaired) electrons. The van der Waals surface area contributed by atoms with Crippen LogP contribution in [-0.4, -0.2) is 23.1 Å². The minimum absolute atomic E-state index is 0.0206. The molecule has 1 heterocycles. The molecule has 0 spiro atoms. The molecule has 0 saturated carbocycles. The van der Waals surface area contributed by atoms with Gasteiger partial charge in [0.05, 0.1) is 5.27 Å². The summed E-state index contributed by atoms with van der Waals surface area (Å²) >= 11 is 0. The van der Waals surface area contributed by atoms with Gasteiger partial charge in [-0.2, -0.15) is 0 Å². The zero-order valence-corrected chi connectivity index (χ0v) is 13.4. The van der Waals surface area contributed by atoms with E-state index in [0.717, 1.165) is 5.69 Å². The molecule has 0 unspecified atom stereocenters. The number of hydrogen-bond donors (Lipinski definition) is 0. The lowest BCUT2D eigenvalue weighted by molar-refractivity contribution is -0.678. The van der Waals surface area contributed by atoms with Crippen LogP contribution < -0.4 is 9.79 Å². The number of benzene rings is 1. The van der Waals surface area contributed by atoms with E-state index in [1.165, 1.54) is 9.58 Å². The second-order valence-electron chi connectivity index (χ2n) is 6.54. The van der Waals surface area contributed by atoms with Gasteiger partial charge in [0.1, 0.15) is 6.54 Å². The summed E-state index contributed by atoms with van der Waals surface area (Å²) < 4.78 is 6.18. The van der Waals surface area contributed by atoms with Gasteiger partial charge in [-0.3, -0.25) is 4.79 Å². The normalized spacial score (nSPS) is 11.5. The molecular formula is C16H21N3O3. The highest BCUT2D eigenvalue weighted by atomic mass is 16.6. The van der Waals surface area contributed by atoms with E-state index in [1.807, 2.05) is 51.1 Å². The summed E-state index contributed by atoms with van der Waals surface area (Å²) in [4.78, 5) is 13.7. The molecule has 0 fully saturated rings. The number of nitrogens with zero attached hydrogens (tertiary/aromatic N) is 3. The van der Waals surface area contributed by atoms with Crippen LogP contribution >= 0.6 is 0 Å². The molecule has 0 aliphatic heterocycles. The van der Waals surface area contributed by atoms with E-state index >= 15 is 0 Å². The second kappa shape index (κ2) is 6.17. The van der Waals surface area contributed by atoms with Gasteiger partial charge in [-0.15, -0.1) is 0 Å². The SMILES string of the molecule is CN(Cc1c([O-])on[n+]1-c1ccccc1)C(=O)CC(C)(C)C. The maximum Gasteiger partial charge on any atom is 0.259 e. The van der Waals surface area contributed by atoms with Crippen LogP contribution in [0.25, 0.3) is 5.69 Å². The third kappa shape index (κ3) is 3.84. The van der Waals surface area contributed by atoms with Crippen molar-refractivity contribution in [3.63, 3.8) is 0 Å². The first-order chi connectivity index (χ1) is 10.3. The summed E-state index contributed by atoms with van der Waals surface area (Å²) in [5.41, 5.74) is 0.950. The van der Waals surface area contributed by atoms with Crippen molar-refractivity contribution in [2.75, 3.05) is 7.05 Å². The van der Waals surface area contributed by atoms with E-state index in [0.29, 0.717) is 12.1 Å². The topological polar surface area (TPSA) is 73.3 Å². The Hall–Kier alpha value is -2.37. The van der Waals surface area contributed by atoms with Gasteiger partial charge in [0.25, 0.3) is 5.69 Å². The molecule has 6 nitrogen and oxygen atoms in total. The molecule has 1 aromatic heterocycles. The lowest BCUT2D eigenvalue weighted by atomic mass is 9.92. The first-order valence-corrected chi connectivity index (χ1v) is 7.15. The predicted molar refractivity (Wildman–Crippen MR) is 78.0 cm³/mol. The highest BCUT2D eigenvalue weighted by molar-refractivity contribution is 5.76. The molecule has 2 rings (SSSR count). The van der Waals surface area contributed by atoms with Gasteiger partial charge >= 0.3 is 0 Å². The van der Waals surface area contributed by atoms with E-state index in [2.05, 4.69) is 5.27 Å². The number of hydrogen-bond acceptors (Lipinski definition) is 4. The first kappa shape index (κ1) is 16.0. The van der Waals surface area contributed by atoms with Crippen LogP contribution in [0.1, 0.15) is 32.9 Å². The van der Waals surface area contributed by atoms with E-state index in [4.69, 9.17) is 4.52 Å². The van der Waals surface area contributed by atoms with Crippen molar-refractivity contribution in [2.45, 2.75) is 33.7 Å². The Morgan fingerprint density at radius 3 is 2.55 bits per heavy atom. The highest BCUT2D eigenvalue weighted by Crippen LogP contribution is 2.20. The standard InChI is InChI=1S/C16H21N3O3/c1-16(2,3)10-14(20)18(4)11-13-15(21)22-17-19(13)12-8-6-5-7-9-12/h5-9H,10-11H2,1-4H3. The Morgan fingerprint density at radius 2 is 1.95 bits per heavy atom. The molecule has 118 valence electrons. The van der Waals surface area contributed by atoms with Crippen molar-refractivity contribution < 1.29 is 19.1 Å². The molecule has 6 heteroatoms. The summed E-state index contributed by atoms with van der Waals surface area (Å²) in [6, 6.07) is 9.21. The van der Waals surface area contributed by atoms with Crippen LogP contribution in [0.5, 0.6) is 5.95 Å². The third-order valence-corrected chi connectivity index (χ3v) is 3.19. The molecule has 0 bridgehead atoms. The predicted octanol–water partition coefficient (Wildman–Crippen LogP) is 1.42. The first-order valence-electron chi connectivity index (χ1n) is 7.15. The monoisotopic (exact) mass is 303 g/mol. The van der Waals surface area contributed by atoms with Crippen molar-refractivity contribution in [3.05, 3.63) is 36.0 Å². The van der Waals surface area contributed by atoms with Gasteiger partial charge in [0.2, 0.25) is 11.6 Å². The van der Waals surface area contributed by atoms with Crippen molar-refractivity contribution >= 4 is 5.91 Å². The van der Waals surface area contributed by atoms with Crippen LogP contribution in [0.3, 0.4) is 0 Å². The minimum Gasteiger partial charge on any atom is -0.539 e. The Labute approximate surface area is 129 Å². The van der Waals surface area contributed by atoms with Crippen LogP contribution in [0.15, 0.2) is 34.9 Å². The van der Waals surface area contributed by atoms with Gasteiger partial charge in [-0.05, 0) is 10.1 Å². The number of carbonyl (C=O) groups excluding carboxylic acids is 1. The molecular weight excluding hydrogens is 282 g/mol. The Kier molecular flexibility index (Phi) is 4.49. The fourth-order valence-electron chi connectivity index (χ4n) is 2.07. The van der Waals surface area contributed by atoms with Gasteiger partial charge in [-0.1, -0.05) is 39.0 Å². The van der Waals surface area contributed by atoms with Crippen molar-refractivity contribution in [1.82, 2.24) is 10.2 Å². The smallest absolute Gasteiger partial charge is 0.259 e. The number of carbonyl (C=O) groups is 1. The summed E-state index contributed by atoms with van der Waals surface area (Å²) in [5.74, 6) is -0.549. The Balaban J connectivity index is 2.20. The number of aromatic nitrogens is 2. The van der Waals surface area contributed by atoms with Crippen LogP contribution in [0, 0.1) is 5.41 Å². The van der Waals surface area contributed by atoms with Gasteiger partial charge in [-0.25, -0.2) is 0 Å². The van der Waals surface area contributed by atoms with E-state index in [-0.39, 0.29) is 17.9 Å². The summed E-state index contributed by atoms with van der Waals surface area (Å²) in [6.07, 6.45) is 0.411. The maximum atomic E-state index is 12.2. The largest absolute Gasteiger partial charge is 0.539 e. The molecule has 0 N–H and O–H groups in total. The fourth-order valence-corrected chi connectivity index (χ4v) is 2.07. The summed E-state index contributed by atoms with van der Waals surface area (Å²) in [5, 5.41) is 15.6. The Morgan fingerprint density at radius 1 is 1.32 bits per heavy atom. The van der Waals surface area contributed by atoms with E-state index in [9.17, 15) is 9.90 Å². The molecule has 0 aliphatic rings. The minimum atomic E-state index is -0.528. The molecule has 0 saturated heterocycles. The lowest BCUT2D eigenvalue weighted by Crippen LogP contribution is -2.40. The van der Waals surface area contributed by atoms with E-state index in [1.54, 1.807) is 7.05 Å². The molecule has 0 aliphatic carbocycles. The number of para-hydroxylation sites is 1. The summed E-state index contributed by atoms with van der Waals surface area (Å²) in [7, 11) is 1.68. The van der Waals surface area contributed by atoms with Gasteiger partial charge in [0, 0.05) is 25.6 Å². The average molecular weight is 303 g/mol. The number of amides is 1. The van der Waals surface area contributed by atoms with Crippen LogP contribution in [0.4, 0.5) is 0 Å². The molecule has 2 aromatic rings. The van der Waals surface area contributed by atoms with Crippen molar-refractivity contribution in [2.24, 2.45) is 5.41 Å². The fraction of sp³-hybridized carbons (Fsp3) is 0.438. The quantitative estimate of drug-likeness (QED) is 0.801. The van der Waals surface area contributed by atoms with Crippen molar-refractivity contribution in [3.8, 4) is 11.6 Å². The Bertz CT molecular complexity index is 644. The van der Waals surface area contributed by atoms with Crippen LogP contribution in [-0.2, 0) is 11.3 Å². The number of rotatable bonds is 4. The second-order valence-corrected chi connectivity index (χ2v) is 6.54. The van der Waals surface area contributed by atoms with Gasteiger partial charge < -0.3 is 14.5 Å². The zero-order valence-electron chi connectivity index (χ0n) is 13.4. The van der Waals surface area contributed by atoms with E-state index < -0.39 is 5.95 Å². The zero-order chi connectivity index (χ0) is 16.3. The third-order valence-electron chi connectivity index (χ3n) is 3.19. The molecule has 1 aromatic carbocycles.